The van der Waals surface area contributed by atoms with Crippen LogP contribution in [-0.2, 0) is 4.79 Å². The Kier molecular flexibility index (Phi) is 4.92. The van der Waals surface area contributed by atoms with Crippen molar-refractivity contribution < 1.29 is 10.1 Å². The zero-order chi connectivity index (χ0) is 16.9. The van der Waals surface area contributed by atoms with Crippen LogP contribution in [0.25, 0.3) is 10.8 Å². The van der Waals surface area contributed by atoms with Crippen LogP contribution in [0.5, 0.6) is 0 Å². The first kappa shape index (κ1) is 16.2. The topological polar surface area (TPSA) is 45.7 Å². The van der Waals surface area contributed by atoms with Crippen molar-refractivity contribution in [3.63, 3.8) is 0 Å². The molecule has 0 heterocycles. The van der Waals surface area contributed by atoms with Gasteiger partial charge in [-0.25, -0.2) is 0 Å². The monoisotopic (exact) mass is 319 g/mol. The molecule has 122 valence electrons. The second kappa shape index (κ2) is 7.28. The standard InChI is InChI=1S/C21H22N2O/c1-15-10-12-18(13-11-15)23-21(24)14-22-16(2)19-9-5-7-17-6-3-4-8-20(17)19/h3-13,16,22H,14H2,1-2H3,(H,23,24)/p+1/t16-/m0/s1. The van der Waals surface area contributed by atoms with Crippen LogP contribution < -0.4 is 10.6 Å². The van der Waals surface area contributed by atoms with E-state index in [1.807, 2.05) is 31.2 Å². The van der Waals surface area contributed by atoms with Crippen LogP contribution in [0.2, 0.25) is 0 Å². The molecule has 3 aromatic rings. The molecule has 1 amide bonds. The molecule has 0 fully saturated rings. The van der Waals surface area contributed by atoms with E-state index < -0.39 is 0 Å². The number of carbonyl (C=O) groups is 1. The number of benzene rings is 3. The molecule has 0 bridgehead atoms. The molecule has 0 radical (unpaired) electrons. The Morgan fingerprint density at radius 2 is 1.71 bits per heavy atom. The molecule has 0 unspecified atom stereocenters. The predicted molar refractivity (Wildman–Crippen MR) is 99.0 cm³/mol. The quantitative estimate of drug-likeness (QED) is 0.744. The third kappa shape index (κ3) is 3.81. The predicted octanol–water partition coefficient (Wildman–Crippen LogP) is 3.41. The van der Waals surface area contributed by atoms with Gasteiger partial charge in [0.15, 0.2) is 6.54 Å². The minimum atomic E-state index is 0.0194. The second-order valence-corrected chi connectivity index (χ2v) is 6.21. The first-order chi connectivity index (χ1) is 11.6. The van der Waals surface area contributed by atoms with Gasteiger partial charge < -0.3 is 10.6 Å². The number of nitrogens with one attached hydrogen (secondary N) is 1. The van der Waals surface area contributed by atoms with Gasteiger partial charge in [0.05, 0.1) is 0 Å². The minimum Gasteiger partial charge on any atom is -0.332 e. The summed E-state index contributed by atoms with van der Waals surface area (Å²) in [5, 5.41) is 7.51. The fourth-order valence-corrected chi connectivity index (χ4v) is 2.91. The average molecular weight is 319 g/mol. The highest BCUT2D eigenvalue weighted by Crippen LogP contribution is 2.22. The van der Waals surface area contributed by atoms with Crippen molar-refractivity contribution in [2.75, 3.05) is 11.9 Å². The fourth-order valence-electron chi connectivity index (χ4n) is 2.91. The molecular formula is C21H23N2O+. The zero-order valence-electron chi connectivity index (χ0n) is 14.1. The summed E-state index contributed by atoms with van der Waals surface area (Å²) >= 11 is 0. The summed E-state index contributed by atoms with van der Waals surface area (Å²) in [7, 11) is 0. The Morgan fingerprint density at radius 1 is 1.00 bits per heavy atom. The Morgan fingerprint density at radius 3 is 2.50 bits per heavy atom. The van der Waals surface area contributed by atoms with E-state index in [2.05, 4.69) is 60.0 Å². The van der Waals surface area contributed by atoms with Gasteiger partial charge in [0.2, 0.25) is 0 Å². The van der Waals surface area contributed by atoms with Crippen LogP contribution in [0.1, 0.15) is 24.1 Å². The highest BCUT2D eigenvalue weighted by atomic mass is 16.1. The third-order valence-electron chi connectivity index (χ3n) is 4.31. The fraction of sp³-hybridized carbons (Fsp3) is 0.190. The van der Waals surface area contributed by atoms with Gasteiger partial charge in [0.25, 0.3) is 5.91 Å². The first-order valence-corrected chi connectivity index (χ1v) is 8.31. The van der Waals surface area contributed by atoms with Gasteiger partial charge in [0, 0.05) is 11.3 Å². The van der Waals surface area contributed by atoms with Crippen molar-refractivity contribution >= 4 is 22.4 Å². The number of anilines is 1. The number of quaternary nitrogens is 1. The molecule has 0 aliphatic heterocycles. The number of hydrogen-bond donors (Lipinski definition) is 2. The minimum absolute atomic E-state index is 0.0194. The van der Waals surface area contributed by atoms with Crippen molar-refractivity contribution in [3.05, 3.63) is 77.9 Å². The van der Waals surface area contributed by atoms with Crippen LogP contribution in [0.3, 0.4) is 0 Å². The Balaban J connectivity index is 1.63. The molecule has 3 aromatic carbocycles. The molecule has 3 nitrogen and oxygen atoms in total. The lowest BCUT2D eigenvalue weighted by molar-refractivity contribution is -0.682. The van der Waals surface area contributed by atoms with E-state index in [1.54, 1.807) is 0 Å². The average Bonchev–Trinajstić information content (AvgIpc) is 2.61. The molecule has 0 aliphatic carbocycles. The summed E-state index contributed by atoms with van der Waals surface area (Å²) in [5.41, 5.74) is 3.29. The molecule has 0 aliphatic rings. The maximum atomic E-state index is 12.2. The van der Waals surface area contributed by atoms with E-state index in [0.717, 1.165) is 5.69 Å². The van der Waals surface area contributed by atoms with E-state index in [4.69, 9.17) is 0 Å². The van der Waals surface area contributed by atoms with Gasteiger partial charge in [-0.3, -0.25) is 4.79 Å². The summed E-state index contributed by atoms with van der Waals surface area (Å²) in [6.07, 6.45) is 0. The zero-order valence-corrected chi connectivity index (χ0v) is 14.1. The summed E-state index contributed by atoms with van der Waals surface area (Å²) in [6, 6.07) is 22.8. The normalized spacial score (nSPS) is 12.1. The van der Waals surface area contributed by atoms with Crippen LogP contribution >= 0.6 is 0 Å². The van der Waals surface area contributed by atoms with Gasteiger partial charge >= 0.3 is 0 Å². The maximum absolute atomic E-state index is 12.2. The smallest absolute Gasteiger partial charge is 0.279 e. The largest absolute Gasteiger partial charge is 0.332 e. The number of rotatable bonds is 5. The first-order valence-electron chi connectivity index (χ1n) is 8.31. The van der Waals surface area contributed by atoms with Crippen LogP contribution in [0.15, 0.2) is 66.7 Å². The molecule has 0 spiro atoms. The molecule has 3 heteroatoms. The molecule has 0 saturated carbocycles. The molecule has 0 saturated heterocycles. The summed E-state index contributed by atoms with van der Waals surface area (Å²) in [5.74, 6) is 0.0194. The Labute approximate surface area is 142 Å². The van der Waals surface area contributed by atoms with E-state index in [9.17, 15) is 4.79 Å². The molecule has 3 rings (SSSR count). The third-order valence-corrected chi connectivity index (χ3v) is 4.31. The van der Waals surface area contributed by atoms with Crippen molar-refractivity contribution in [1.29, 1.82) is 0 Å². The lowest BCUT2D eigenvalue weighted by atomic mass is 10.00. The van der Waals surface area contributed by atoms with E-state index in [0.29, 0.717) is 6.54 Å². The SMILES string of the molecule is Cc1ccc(NC(=O)C[NH2+][C@@H](C)c2cccc3ccccc23)cc1. The number of nitrogens with two attached hydrogens (primary N) is 1. The number of hydrogen-bond acceptors (Lipinski definition) is 1. The van der Waals surface area contributed by atoms with Gasteiger partial charge in [-0.15, -0.1) is 0 Å². The summed E-state index contributed by atoms with van der Waals surface area (Å²) < 4.78 is 0. The number of amides is 1. The van der Waals surface area contributed by atoms with E-state index >= 15 is 0 Å². The lowest BCUT2D eigenvalue weighted by Crippen LogP contribution is -2.86. The highest BCUT2D eigenvalue weighted by Gasteiger charge is 2.14. The lowest BCUT2D eigenvalue weighted by Gasteiger charge is -2.13. The number of carbonyl (C=O) groups excluding carboxylic acids is 1. The van der Waals surface area contributed by atoms with Crippen LogP contribution in [0, 0.1) is 6.92 Å². The van der Waals surface area contributed by atoms with E-state index in [1.165, 1.54) is 21.9 Å². The summed E-state index contributed by atoms with van der Waals surface area (Å²) in [4.78, 5) is 12.2. The van der Waals surface area contributed by atoms with Crippen molar-refractivity contribution in [2.24, 2.45) is 0 Å². The van der Waals surface area contributed by atoms with E-state index in [-0.39, 0.29) is 11.9 Å². The molecule has 24 heavy (non-hydrogen) atoms. The number of aryl methyl sites for hydroxylation is 1. The van der Waals surface area contributed by atoms with Crippen LogP contribution in [-0.4, -0.2) is 12.5 Å². The van der Waals surface area contributed by atoms with Crippen molar-refractivity contribution in [3.8, 4) is 0 Å². The van der Waals surface area contributed by atoms with Gasteiger partial charge in [-0.1, -0.05) is 60.2 Å². The summed E-state index contributed by atoms with van der Waals surface area (Å²) in [6.45, 7) is 4.57. The number of fused-ring (bicyclic) bond motifs is 1. The second-order valence-electron chi connectivity index (χ2n) is 6.21. The Hall–Kier alpha value is -2.65. The molecular weight excluding hydrogens is 296 g/mol. The maximum Gasteiger partial charge on any atom is 0.279 e. The highest BCUT2D eigenvalue weighted by molar-refractivity contribution is 5.91. The molecule has 1 atom stereocenters. The van der Waals surface area contributed by atoms with Gasteiger partial charge in [-0.2, -0.15) is 0 Å². The van der Waals surface area contributed by atoms with Gasteiger partial charge in [0.1, 0.15) is 6.04 Å². The van der Waals surface area contributed by atoms with Crippen LogP contribution in [0.4, 0.5) is 5.69 Å². The molecule has 0 aromatic heterocycles. The van der Waals surface area contributed by atoms with Gasteiger partial charge in [-0.05, 0) is 36.8 Å². The van der Waals surface area contributed by atoms with Crippen molar-refractivity contribution in [1.82, 2.24) is 0 Å². The van der Waals surface area contributed by atoms with Crippen molar-refractivity contribution in [2.45, 2.75) is 19.9 Å². The molecule has 3 N–H and O–H groups in total. The Bertz CT molecular complexity index is 835.